The molecule has 0 aliphatic rings. The Hall–Kier alpha value is -1.82. The summed E-state index contributed by atoms with van der Waals surface area (Å²) in [5.74, 6) is -1.35. The van der Waals surface area contributed by atoms with E-state index in [1.165, 1.54) is 24.5 Å². The molecule has 0 radical (unpaired) electrons. The highest BCUT2D eigenvalue weighted by atomic mass is 79.9. The molecular weight excluding hydrogens is 289 g/mol. The number of hydrogen-bond acceptors (Lipinski definition) is 3. The molecule has 1 N–H and O–H groups in total. The first-order chi connectivity index (χ1) is 8.16. The van der Waals surface area contributed by atoms with Gasteiger partial charge in [-0.2, -0.15) is 4.39 Å². The maximum Gasteiger partial charge on any atom is 0.260 e. The molecule has 0 aliphatic heterocycles. The minimum Gasteiger partial charge on any atom is -0.320 e. The van der Waals surface area contributed by atoms with Crippen LogP contribution >= 0.6 is 15.9 Å². The molecule has 2 aromatic heterocycles. The topological polar surface area (TPSA) is 54.9 Å². The van der Waals surface area contributed by atoms with Crippen LogP contribution in [0.3, 0.4) is 0 Å². The van der Waals surface area contributed by atoms with Crippen molar-refractivity contribution in [3.8, 4) is 0 Å². The average Bonchev–Trinajstić information content (AvgIpc) is 2.32. The zero-order valence-corrected chi connectivity index (χ0v) is 10.1. The number of amides is 1. The van der Waals surface area contributed by atoms with Crippen molar-refractivity contribution in [1.82, 2.24) is 9.97 Å². The summed E-state index contributed by atoms with van der Waals surface area (Å²) in [6.45, 7) is 0. The van der Waals surface area contributed by atoms with Crippen LogP contribution in [0.5, 0.6) is 0 Å². The molecule has 1 amide bonds. The number of carbonyl (C=O) groups is 1. The monoisotopic (exact) mass is 295 g/mol. The third-order valence-electron chi connectivity index (χ3n) is 1.99. The molecule has 0 saturated heterocycles. The molecule has 86 valence electrons. The standard InChI is InChI=1S/C11H7BrFN3O/c12-9-4-3-7(6-15-9)16-11(17)8-2-1-5-14-10(8)13/h1-6H,(H,16,17). The van der Waals surface area contributed by atoms with Crippen molar-refractivity contribution in [3.05, 3.63) is 52.8 Å². The van der Waals surface area contributed by atoms with Gasteiger partial charge in [0.05, 0.1) is 17.4 Å². The van der Waals surface area contributed by atoms with Gasteiger partial charge in [0, 0.05) is 6.20 Å². The first-order valence-corrected chi connectivity index (χ1v) is 5.49. The van der Waals surface area contributed by atoms with E-state index in [1.807, 2.05) is 0 Å². The Morgan fingerprint density at radius 3 is 2.76 bits per heavy atom. The Morgan fingerprint density at radius 2 is 2.12 bits per heavy atom. The highest BCUT2D eigenvalue weighted by Gasteiger charge is 2.11. The molecule has 0 bridgehead atoms. The van der Waals surface area contributed by atoms with Gasteiger partial charge in [0.25, 0.3) is 5.91 Å². The van der Waals surface area contributed by atoms with Gasteiger partial charge >= 0.3 is 0 Å². The van der Waals surface area contributed by atoms with E-state index in [0.717, 1.165) is 0 Å². The number of rotatable bonds is 2. The van der Waals surface area contributed by atoms with Crippen LogP contribution in [0.2, 0.25) is 0 Å². The van der Waals surface area contributed by atoms with Crippen LogP contribution < -0.4 is 5.32 Å². The maximum absolute atomic E-state index is 13.2. The molecule has 0 atom stereocenters. The van der Waals surface area contributed by atoms with Crippen LogP contribution in [0.15, 0.2) is 41.3 Å². The summed E-state index contributed by atoms with van der Waals surface area (Å²) in [7, 11) is 0. The van der Waals surface area contributed by atoms with Gasteiger partial charge in [-0.1, -0.05) is 0 Å². The quantitative estimate of drug-likeness (QED) is 0.867. The molecule has 2 aromatic rings. The van der Waals surface area contributed by atoms with E-state index in [9.17, 15) is 9.18 Å². The normalized spacial score (nSPS) is 10.0. The van der Waals surface area contributed by atoms with Crippen molar-refractivity contribution >= 4 is 27.5 Å². The summed E-state index contributed by atoms with van der Waals surface area (Å²) in [6, 6.07) is 6.19. The SMILES string of the molecule is O=C(Nc1ccc(Br)nc1)c1cccnc1F. The third-order valence-corrected chi connectivity index (χ3v) is 2.46. The van der Waals surface area contributed by atoms with Crippen LogP contribution in [0.1, 0.15) is 10.4 Å². The van der Waals surface area contributed by atoms with Gasteiger partial charge in [-0.15, -0.1) is 0 Å². The molecule has 0 aliphatic carbocycles. The number of nitrogens with one attached hydrogen (secondary N) is 1. The molecule has 0 fully saturated rings. The number of anilines is 1. The van der Waals surface area contributed by atoms with Crippen molar-refractivity contribution in [2.75, 3.05) is 5.32 Å². The summed E-state index contributed by atoms with van der Waals surface area (Å²) >= 11 is 3.17. The van der Waals surface area contributed by atoms with E-state index in [1.54, 1.807) is 12.1 Å². The fraction of sp³-hybridized carbons (Fsp3) is 0. The lowest BCUT2D eigenvalue weighted by Crippen LogP contribution is -2.14. The zero-order valence-electron chi connectivity index (χ0n) is 8.52. The van der Waals surface area contributed by atoms with Crippen molar-refractivity contribution in [2.24, 2.45) is 0 Å². The highest BCUT2D eigenvalue weighted by molar-refractivity contribution is 9.10. The molecule has 17 heavy (non-hydrogen) atoms. The van der Waals surface area contributed by atoms with Crippen molar-refractivity contribution in [1.29, 1.82) is 0 Å². The molecule has 2 heterocycles. The van der Waals surface area contributed by atoms with Crippen LogP contribution in [0.25, 0.3) is 0 Å². The average molecular weight is 296 g/mol. The molecule has 4 nitrogen and oxygen atoms in total. The predicted molar refractivity (Wildman–Crippen MR) is 64.1 cm³/mol. The summed E-state index contributed by atoms with van der Waals surface area (Å²) < 4.78 is 13.9. The number of halogens is 2. The van der Waals surface area contributed by atoms with Crippen LogP contribution in [-0.2, 0) is 0 Å². The van der Waals surface area contributed by atoms with E-state index in [-0.39, 0.29) is 5.56 Å². The number of hydrogen-bond donors (Lipinski definition) is 1. The second kappa shape index (κ2) is 5.01. The highest BCUT2D eigenvalue weighted by Crippen LogP contribution is 2.12. The Morgan fingerprint density at radius 1 is 1.29 bits per heavy atom. The molecule has 2 rings (SSSR count). The van der Waals surface area contributed by atoms with Gasteiger partial charge in [-0.25, -0.2) is 9.97 Å². The summed E-state index contributed by atoms with van der Waals surface area (Å²) in [5, 5.41) is 2.52. The fourth-order valence-electron chi connectivity index (χ4n) is 1.20. The van der Waals surface area contributed by atoms with Crippen LogP contribution in [0.4, 0.5) is 10.1 Å². The molecule has 0 spiro atoms. The third kappa shape index (κ3) is 2.85. The van der Waals surface area contributed by atoms with E-state index in [0.29, 0.717) is 10.3 Å². The van der Waals surface area contributed by atoms with Crippen molar-refractivity contribution in [3.63, 3.8) is 0 Å². The van der Waals surface area contributed by atoms with Gasteiger partial charge in [0.15, 0.2) is 0 Å². The Labute approximate surface area is 105 Å². The predicted octanol–water partition coefficient (Wildman–Crippen LogP) is 2.63. The Balaban J connectivity index is 2.17. The summed E-state index contributed by atoms with van der Waals surface area (Å²) in [5.41, 5.74) is 0.386. The second-order valence-electron chi connectivity index (χ2n) is 3.17. The lowest BCUT2D eigenvalue weighted by molar-refractivity contribution is 0.102. The Kier molecular flexibility index (Phi) is 3.43. The summed E-state index contributed by atoms with van der Waals surface area (Å²) in [6.07, 6.45) is 2.75. The van der Waals surface area contributed by atoms with E-state index in [2.05, 4.69) is 31.2 Å². The minimum atomic E-state index is -0.796. The van der Waals surface area contributed by atoms with Crippen molar-refractivity contribution < 1.29 is 9.18 Å². The molecular formula is C11H7BrFN3O. The van der Waals surface area contributed by atoms with E-state index < -0.39 is 11.9 Å². The van der Waals surface area contributed by atoms with Gasteiger partial charge < -0.3 is 5.32 Å². The van der Waals surface area contributed by atoms with Crippen molar-refractivity contribution in [2.45, 2.75) is 0 Å². The first-order valence-electron chi connectivity index (χ1n) is 4.70. The zero-order chi connectivity index (χ0) is 12.3. The lowest BCUT2D eigenvalue weighted by atomic mass is 10.2. The largest absolute Gasteiger partial charge is 0.320 e. The Bertz CT molecular complexity index is 545. The van der Waals surface area contributed by atoms with E-state index in [4.69, 9.17) is 0 Å². The fourth-order valence-corrected chi connectivity index (χ4v) is 1.44. The first kappa shape index (κ1) is 11.7. The number of pyridine rings is 2. The van der Waals surface area contributed by atoms with Crippen LogP contribution in [-0.4, -0.2) is 15.9 Å². The molecule has 6 heteroatoms. The molecule has 0 saturated carbocycles. The van der Waals surface area contributed by atoms with Gasteiger partial charge in [-0.3, -0.25) is 4.79 Å². The molecule has 0 unspecified atom stereocenters. The summed E-state index contributed by atoms with van der Waals surface area (Å²) in [4.78, 5) is 19.0. The second-order valence-corrected chi connectivity index (χ2v) is 3.98. The van der Waals surface area contributed by atoms with Gasteiger partial charge in [0.1, 0.15) is 4.60 Å². The lowest BCUT2D eigenvalue weighted by Gasteiger charge is -2.04. The number of aromatic nitrogens is 2. The van der Waals surface area contributed by atoms with E-state index >= 15 is 0 Å². The maximum atomic E-state index is 13.2. The number of carbonyl (C=O) groups excluding carboxylic acids is 1. The van der Waals surface area contributed by atoms with Gasteiger partial charge in [-0.05, 0) is 40.2 Å². The van der Waals surface area contributed by atoms with Gasteiger partial charge in [0.2, 0.25) is 5.95 Å². The number of nitrogens with zero attached hydrogens (tertiary/aromatic N) is 2. The minimum absolute atomic E-state index is 0.101. The molecule has 0 aromatic carbocycles. The smallest absolute Gasteiger partial charge is 0.260 e. The van der Waals surface area contributed by atoms with Crippen LogP contribution in [0, 0.1) is 5.95 Å².